The Kier molecular flexibility index (Phi) is 10.9. The van der Waals surface area contributed by atoms with Crippen LogP contribution in [-0.4, -0.2) is 51.9 Å². The average Bonchev–Trinajstić information content (AvgIpc) is 3.02. The molecule has 0 aromatic heterocycles. The molecule has 230 valence electrons. The van der Waals surface area contributed by atoms with E-state index in [9.17, 15) is 18.0 Å². The number of likely N-dealkylation sites (N-methyl/N-ethyl adjacent to an activating group) is 1. The van der Waals surface area contributed by atoms with E-state index < -0.39 is 34.4 Å². The zero-order valence-electron chi connectivity index (χ0n) is 24.5. The van der Waals surface area contributed by atoms with Crippen molar-refractivity contribution in [3.63, 3.8) is 0 Å². The third kappa shape index (κ3) is 7.72. The third-order valence-corrected chi connectivity index (χ3v) is 9.63. The lowest BCUT2D eigenvalue weighted by Crippen LogP contribution is -2.53. The second-order valence-electron chi connectivity index (χ2n) is 10.1. The number of benzene rings is 4. The van der Waals surface area contributed by atoms with E-state index in [1.807, 2.05) is 37.3 Å². The molecule has 4 rings (SSSR count). The smallest absolute Gasteiger partial charge is 0.264 e. The summed E-state index contributed by atoms with van der Waals surface area (Å²) >= 11 is 13.0. The highest BCUT2D eigenvalue weighted by atomic mass is 35.5. The molecular weight excluding hydrogens is 621 g/mol. The van der Waals surface area contributed by atoms with Gasteiger partial charge in [-0.2, -0.15) is 0 Å². The van der Waals surface area contributed by atoms with Gasteiger partial charge in [0.2, 0.25) is 11.8 Å². The Morgan fingerprint density at radius 2 is 1.52 bits per heavy atom. The summed E-state index contributed by atoms with van der Waals surface area (Å²) in [7, 11) is -1.30. The minimum Gasteiger partial charge on any atom is -0.497 e. The molecule has 0 saturated heterocycles. The number of nitrogens with one attached hydrogen (secondary N) is 1. The molecule has 0 saturated carbocycles. The van der Waals surface area contributed by atoms with Crippen molar-refractivity contribution in [2.45, 2.75) is 30.8 Å². The molecule has 0 aliphatic carbocycles. The number of anilines is 1. The summed E-state index contributed by atoms with van der Waals surface area (Å²) in [5.74, 6) is -0.658. The Labute approximate surface area is 268 Å². The van der Waals surface area contributed by atoms with Gasteiger partial charge in [0.25, 0.3) is 10.0 Å². The van der Waals surface area contributed by atoms with Crippen molar-refractivity contribution in [3.05, 3.63) is 124 Å². The SMILES string of the molecule is CNC(=O)[C@H](Cc1ccccc1)N(Cc1c(Cl)cccc1Cl)C(=O)CN(c1cccc(OC)c1)S(=O)(=O)c1ccc(C)cc1. The van der Waals surface area contributed by atoms with E-state index in [4.69, 9.17) is 27.9 Å². The summed E-state index contributed by atoms with van der Waals surface area (Å²) in [4.78, 5) is 29.1. The van der Waals surface area contributed by atoms with Gasteiger partial charge < -0.3 is 15.0 Å². The molecule has 0 radical (unpaired) electrons. The maximum Gasteiger partial charge on any atom is 0.264 e. The molecule has 0 aliphatic rings. The van der Waals surface area contributed by atoms with Gasteiger partial charge in [-0.1, -0.05) is 83.4 Å². The van der Waals surface area contributed by atoms with Crippen molar-refractivity contribution in [3.8, 4) is 5.75 Å². The molecule has 44 heavy (non-hydrogen) atoms. The van der Waals surface area contributed by atoms with Crippen LogP contribution in [0.4, 0.5) is 5.69 Å². The van der Waals surface area contributed by atoms with Crippen LogP contribution in [0.25, 0.3) is 0 Å². The average molecular weight is 655 g/mol. The van der Waals surface area contributed by atoms with E-state index in [-0.39, 0.29) is 23.5 Å². The minimum absolute atomic E-state index is 0.00607. The number of sulfonamides is 1. The Morgan fingerprint density at radius 1 is 0.886 bits per heavy atom. The van der Waals surface area contributed by atoms with Crippen molar-refractivity contribution in [1.29, 1.82) is 0 Å². The fourth-order valence-corrected chi connectivity index (χ4v) is 6.63. The molecule has 1 N–H and O–H groups in total. The molecule has 0 fully saturated rings. The summed E-state index contributed by atoms with van der Waals surface area (Å²) in [5.41, 5.74) is 2.33. The van der Waals surface area contributed by atoms with Crippen LogP contribution >= 0.6 is 23.2 Å². The molecule has 0 bridgehead atoms. The number of aryl methyl sites for hydroxylation is 1. The van der Waals surface area contributed by atoms with E-state index in [1.54, 1.807) is 48.5 Å². The topological polar surface area (TPSA) is 96.0 Å². The third-order valence-electron chi connectivity index (χ3n) is 7.14. The number of amides is 2. The van der Waals surface area contributed by atoms with Gasteiger partial charge in [0, 0.05) is 41.7 Å². The Hall–Kier alpha value is -4.05. The second-order valence-corrected chi connectivity index (χ2v) is 12.7. The van der Waals surface area contributed by atoms with Crippen molar-refractivity contribution in [2.24, 2.45) is 0 Å². The molecule has 2 amide bonds. The van der Waals surface area contributed by atoms with Gasteiger partial charge in [-0.25, -0.2) is 8.42 Å². The van der Waals surface area contributed by atoms with E-state index in [1.165, 1.54) is 37.3 Å². The number of carbonyl (C=O) groups excluding carboxylic acids is 2. The first-order chi connectivity index (χ1) is 21.0. The lowest BCUT2D eigenvalue weighted by Gasteiger charge is -2.34. The molecule has 0 heterocycles. The quantitative estimate of drug-likeness (QED) is 0.206. The van der Waals surface area contributed by atoms with Crippen LogP contribution < -0.4 is 14.4 Å². The van der Waals surface area contributed by atoms with E-state index in [2.05, 4.69) is 5.32 Å². The van der Waals surface area contributed by atoms with Crippen molar-refractivity contribution >= 4 is 50.7 Å². The highest BCUT2D eigenvalue weighted by Gasteiger charge is 2.35. The maximum absolute atomic E-state index is 14.4. The zero-order valence-corrected chi connectivity index (χ0v) is 26.9. The van der Waals surface area contributed by atoms with E-state index in [0.717, 1.165) is 15.4 Å². The summed E-state index contributed by atoms with van der Waals surface area (Å²) in [6.45, 7) is 1.09. The number of methoxy groups -OCH3 is 1. The largest absolute Gasteiger partial charge is 0.497 e. The molecule has 0 aliphatic heterocycles. The molecule has 0 spiro atoms. The molecule has 0 unspecified atom stereocenters. The monoisotopic (exact) mass is 653 g/mol. The highest BCUT2D eigenvalue weighted by molar-refractivity contribution is 7.92. The maximum atomic E-state index is 14.4. The van der Waals surface area contributed by atoms with Crippen LogP contribution in [-0.2, 0) is 32.6 Å². The number of nitrogens with zero attached hydrogens (tertiary/aromatic N) is 2. The predicted molar refractivity (Wildman–Crippen MR) is 174 cm³/mol. The molecular formula is C33H33Cl2N3O5S. The van der Waals surface area contributed by atoms with Crippen LogP contribution in [0, 0.1) is 6.92 Å². The molecule has 11 heteroatoms. The number of rotatable bonds is 12. The predicted octanol–water partition coefficient (Wildman–Crippen LogP) is 5.89. The molecule has 4 aromatic carbocycles. The van der Waals surface area contributed by atoms with Gasteiger partial charge in [-0.15, -0.1) is 0 Å². The van der Waals surface area contributed by atoms with Gasteiger partial charge >= 0.3 is 0 Å². The lowest BCUT2D eigenvalue weighted by atomic mass is 10.0. The van der Waals surface area contributed by atoms with Gasteiger partial charge in [0.15, 0.2) is 0 Å². The Morgan fingerprint density at radius 3 is 2.14 bits per heavy atom. The highest BCUT2D eigenvalue weighted by Crippen LogP contribution is 2.30. The van der Waals surface area contributed by atoms with E-state index in [0.29, 0.717) is 21.4 Å². The summed E-state index contributed by atoms with van der Waals surface area (Å²) < 4.78 is 34.6. The number of hydrogen-bond acceptors (Lipinski definition) is 5. The summed E-state index contributed by atoms with van der Waals surface area (Å²) in [5, 5.41) is 3.27. The van der Waals surface area contributed by atoms with Crippen LogP contribution in [0.2, 0.25) is 10.0 Å². The fraction of sp³-hybridized carbons (Fsp3) is 0.212. The van der Waals surface area contributed by atoms with E-state index >= 15 is 0 Å². The normalized spacial score (nSPS) is 11.8. The number of ether oxygens (including phenoxy) is 1. The minimum atomic E-state index is -4.25. The molecule has 4 aromatic rings. The van der Waals surface area contributed by atoms with Crippen molar-refractivity contribution in [1.82, 2.24) is 10.2 Å². The molecule has 8 nitrogen and oxygen atoms in total. The van der Waals surface area contributed by atoms with Crippen LogP contribution in [0.15, 0.2) is 102 Å². The van der Waals surface area contributed by atoms with Gasteiger partial charge in [-0.05, 0) is 48.9 Å². The van der Waals surface area contributed by atoms with Crippen LogP contribution in [0.1, 0.15) is 16.7 Å². The standard InChI is InChI=1S/C33H33Cl2N3O5S/c1-23-15-17-27(18-16-23)44(41,42)38(25-11-7-12-26(20-25)43-3)22-32(39)37(21-28-29(34)13-8-14-30(28)35)31(33(40)36-2)19-24-9-5-4-6-10-24/h4-18,20,31H,19,21-22H2,1-3H3,(H,36,40)/t31-/m0/s1. The molecule has 1 atom stereocenters. The first kappa shape index (κ1) is 32.9. The first-order valence-corrected chi connectivity index (χ1v) is 16.0. The van der Waals surface area contributed by atoms with Crippen molar-refractivity contribution < 1.29 is 22.7 Å². The van der Waals surface area contributed by atoms with Crippen molar-refractivity contribution in [2.75, 3.05) is 25.0 Å². The number of hydrogen-bond donors (Lipinski definition) is 1. The van der Waals surface area contributed by atoms with Crippen LogP contribution in [0.5, 0.6) is 5.75 Å². The first-order valence-electron chi connectivity index (χ1n) is 13.8. The second kappa shape index (κ2) is 14.6. The van der Waals surface area contributed by atoms with Gasteiger partial charge in [0.1, 0.15) is 18.3 Å². The Bertz CT molecular complexity index is 1700. The summed E-state index contributed by atoms with van der Waals surface area (Å²) in [6.07, 6.45) is 0.165. The number of carbonyl (C=O) groups is 2. The summed E-state index contributed by atoms with van der Waals surface area (Å²) in [6, 6.07) is 26.0. The zero-order chi connectivity index (χ0) is 31.9. The van der Waals surface area contributed by atoms with Crippen LogP contribution in [0.3, 0.4) is 0 Å². The fourth-order valence-electron chi connectivity index (χ4n) is 4.71. The lowest BCUT2D eigenvalue weighted by molar-refractivity contribution is -0.139. The van der Waals surface area contributed by atoms with Gasteiger partial charge in [0.05, 0.1) is 17.7 Å². The number of halogens is 2. The van der Waals surface area contributed by atoms with Gasteiger partial charge in [-0.3, -0.25) is 13.9 Å². The Balaban J connectivity index is 1.83.